The van der Waals surface area contributed by atoms with E-state index in [2.05, 4.69) is 32.2 Å². The average molecular weight is 371 g/mol. The number of aryl methyl sites for hydroxylation is 2. The van der Waals surface area contributed by atoms with Crippen LogP contribution in [0.25, 0.3) is 0 Å². The van der Waals surface area contributed by atoms with Crippen LogP contribution >= 0.6 is 0 Å². The molecule has 0 saturated heterocycles. The van der Waals surface area contributed by atoms with Crippen molar-refractivity contribution in [2.45, 2.75) is 26.4 Å². The van der Waals surface area contributed by atoms with Crippen LogP contribution in [0.1, 0.15) is 45.1 Å². The van der Waals surface area contributed by atoms with E-state index in [1.165, 1.54) is 0 Å². The van der Waals surface area contributed by atoms with Gasteiger partial charge in [-0.15, -0.1) is 0 Å². The quantitative estimate of drug-likeness (QED) is 0.621. The van der Waals surface area contributed by atoms with E-state index >= 15 is 0 Å². The van der Waals surface area contributed by atoms with E-state index in [4.69, 9.17) is 9.47 Å². The highest BCUT2D eigenvalue weighted by Crippen LogP contribution is 2.56. The van der Waals surface area contributed by atoms with Crippen LogP contribution in [0.4, 0.5) is 5.69 Å². The largest absolute Gasteiger partial charge is 0.456 e. The molecule has 1 atom stereocenters. The van der Waals surface area contributed by atoms with E-state index in [1.54, 1.807) is 0 Å². The highest BCUT2D eigenvalue weighted by molar-refractivity contribution is 5.97. The summed E-state index contributed by atoms with van der Waals surface area (Å²) in [4.78, 5) is 12.8. The van der Waals surface area contributed by atoms with E-state index in [0.29, 0.717) is 11.3 Å². The van der Waals surface area contributed by atoms with E-state index in [-0.39, 0.29) is 5.97 Å². The van der Waals surface area contributed by atoms with Gasteiger partial charge in [-0.25, -0.2) is 4.79 Å². The second-order valence-electron chi connectivity index (χ2n) is 7.39. The Kier molecular flexibility index (Phi) is 3.53. The average Bonchev–Trinajstić information content (AvgIpc) is 2.98. The minimum Gasteiger partial charge on any atom is -0.456 e. The van der Waals surface area contributed by atoms with Crippen LogP contribution in [0.2, 0.25) is 0 Å². The van der Waals surface area contributed by atoms with Gasteiger partial charge in [0.25, 0.3) is 0 Å². The minimum atomic E-state index is -0.986. The lowest BCUT2D eigenvalue weighted by atomic mass is 9.77. The fourth-order valence-electron chi connectivity index (χ4n) is 4.24. The third kappa shape index (κ3) is 2.15. The number of benzene rings is 3. The normalized spacial score (nSPS) is 18.8. The summed E-state index contributed by atoms with van der Waals surface area (Å²) in [7, 11) is 0. The van der Waals surface area contributed by atoms with Gasteiger partial charge in [0.1, 0.15) is 11.5 Å². The van der Waals surface area contributed by atoms with Gasteiger partial charge in [-0.3, -0.25) is 0 Å². The molecule has 28 heavy (non-hydrogen) atoms. The molecule has 3 aromatic carbocycles. The maximum atomic E-state index is 12.8. The van der Waals surface area contributed by atoms with Crippen molar-refractivity contribution in [3.8, 4) is 11.5 Å². The maximum absolute atomic E-state index is 12.8. The van der Waals surface area contributed by atoms with Gasteiger partial charge < -0.3 is 14.8 Å². The molecule has 1 spiro atoms. The first-order chi connectivity index (χ1) is 13.5. The van der Waals surface area contributed by atoms with Crippen molar-refractivity contribution in [2.75, 3.05) is 11.9 Å². The van der Waals surface area contributed by atoms with Crippen LogP contribution in [0.15, 0.2) is 54.6 Å². The molecule has 1 N–H and O–H groups in total. The highest BCUT2D eigenvalue weighted by Gasteiger charge is 2.53. The Hall–Kier alpha value is -3.27. The number of esters is 1. The van der Waals surface area contributed by atoms with Gasteiger partial charge in [0, 0.05) is 35.0 Å². The summed E-state index contributed by atoms with van der Waals surface area (Å²) in [5.41, 5.74) is 5.45. The third-order valence-electron chi connectivity index (χ3n) is 5.71. The van der Waals surface area contributed by atoms with Gasteiger partial charge in [-0.2, -0.15) is 0 Å². The Morgan fingerprint density at radius 2 is 1.64 bits per heavy atom. The summed E-state index contributed by atoms with van der Waals surface area (Å²) in [6, 6.07) is 17.7. The lowest BCUT2D eigenvalue weighted by molar-refractivity contribution is 0.0224. The monoisotopic (exact) mass is 371 g/mol. The second-order valence-corrected chi connectivity index (χ2v) is 7.39. The summed E-state index contributed by atoms with van der Waals surface area (Å²) in [6.45, 7) is 7.00. The van der Waals surface area contributed by atoms with Gasteiger partial charge in [0.2, 0.25) is 0 Å². The van der Waals surface area contributed by atoms with Crippen LogP contribution < -0.4 is 10.1 Å². The Morgan fingerprint density at radius 3 is 2.46 bits per heavy atom. The van der Waals surface area contributed by atoms with Gasteiger partial charge in [0.15, 0.2) is 5.60 Å². The number of rotatable bonds is 2. The van der Waals surface area contributed by atoms with Crippen LogP contribution in [0, 0.1) is 13.8 Å². The molecule has 2 aliphatic rings. The molecule has 0 amide bonds. The summed E-state index contributed by atoms with van der Waals surface area (Å²) >= 11 is 0. The Balaban J connectivity index is 1.85. The summed E-state index contributed by atoms with van der Waals surface area (Å²) < 4.78 is 12.5. The second kappa shape index (κ2) is 5.86. The highest BCUT2D eigenvalue weighted by atomic mass is 16.6. The Labute approximate surface area is 164 Å². The van der Waals surface area contributed by atoms with Crippen molar-refractivity contribution in [3.05, 3.63) is 88.0 Å². The molecule has 2 heterocycles. The van der Waals surface area contributed by atoms with Crippen molar-refractivity contribution in [2.24, 2.45) is 0 Å². The van der Waals surface area contributed by atoms with Crippen molar-refractivity contribution in [3.63, 3.8) is 0 Å². The molecule has 0 bridgehead atoms. The maximum Gasteiger partial charge on any atom is 0.340 e. The molecule has 140 valence electrons. The van der Waals surface area contributed by atoms with E-state index in [1.807, 2.05) is 48.5 Å². The third-order valence-corrected chi connectivity index (χ3v) is 5.71. The number of hydrogen-bond donors (Lipinski definition) is 1. The van der Waals surface area contributed by atoms with E-state index in [9.17, 15) is 4.79 Å². The first kappa shape index (κ1) is 16.9. The first-order valence-electron chi connectivity index (χ1n) is 9.55. The molecule has 0 radical (unpaired) electrons. The molecule has 0 aliphatic carbocycles. The Morgan fingerprint density at radius 1 is 0.893 bits per heavy atom. The minimum absolute atomic E-state index is 0.302. The molecular formula is C24H21NO3. The molecule has 1 unspecified atom stereocenters. The summed E-state index contributed by atoms with van der Waals surface area (Å²) in [5.74, 6) is 1.14. The number of fused-ring (bicyclic) bond motifs is 6. The standard InChI is InChI=1S/C24H21NO3/c1-4-25-16-9-10-19-22(13-16)27-21-12-15(3)14(2)11-20(21)24(19)18-8-6-5-7-17(18)23(26)28-24/h5-13,25H,4H2,1-3H3. The fourth-order valence-corrected chi connectivity index (χ4v) is 4.24. The van der Waals surface area contributed by atoms with Gasteiger partial charge in [0.05, 0.1) is 5.56 Å². The summed E-state index contributed by atoms with van der Waals surface area (Å²) in [6.07, 6.45) is 0. The molecule has 5 rings (SSSR count). The molecule has 2 aliphatic heterocycles. The fraction of sp³-hybridized carbons (Fsp3) is 0.208. The summed E-state index contributed by atoms with van der Waals surface area (Å²) in [5, 5.41) is 3.32. The topological polar surface area (TPSA) is 47.6 Å². The molecular weight excluding hydrogens is 350 g/mol. The molecule has 0 aromatic heterocycles. The lowest BCUT2D eigenvalue weighted by Crippen LogP contribution is -2.33. The van der Waals surface area contributed by atoms with Crippen molar-refractivity contribution >= 4 is 11.7 Å². The number of anilines is 1. The van der Waals surface area contributed by atoms with Crippen LogP contribution in [0.3, 0.4) is 0 Å². The molecule has 3 aromatic rings. The number of carbonyl (C=O) groups excluding carboxylic acids is 1. The molecule has 4 nitrogen and oxygen atoms in total. The first-order valence-corrected chi connectivity index (χ1v) is 9.55. The zero-order valence-electron chi connectivity index (χ0n) is 16.1. The van der Waals surface area contributed by atoms with Crippen molar-refractivity contribution in [1.29, 1.82) is 0 Å². The Bertz CT molecular complexity index is 1130. The number of nitrogens with one attached hydrogen (secondary N) is 1. The zero-order chi connectivity index (χ0) is 19.5. The molecule has 0 saturated carbocycles. The van der Waals surface area contributed by atoms with Gasteiger partial charge >= 0.3 is 5.97 Å². The predicted octanol–water partition coefficient (Wildman–Crippen LogP) is 5.30. The van der Waals surface area contributed by atoms with Crippen molar-refractivity contribution < 1.29 is 14.3 Å². The van der Waals surface area contributed by atoms with Crippen LogP contribution in [-0.2, 0) is 10.3 Å². The van der Waals surface area contributed by atoms with E-state index < -0.39 is 5.60 Å². The zero-order valence-corrected chi connectivity index (χ0v) is 16.1. The number of carbonyl (C=O) groups is 1. The number of hydrogen-bond acceptors (Lipinski definition) is 4. The van der Waals surface area contributed by atoms with Crippen LogP contribution in [0.5, 0.6) is 11.5 Å². The van der Waals surface area contributed by atoms with Crippen molar-refractivity contribution in [1.82, 2.24) is 0 Å². The SMILES string of the molecule is CCNc1ccc2c(c1)Oc1cc(C)c(C)cc1C21OC(=O)c2ccccc21. The molecule has 0 fully saturated rings. The van der Waals surface area contributed by atoms with Gasteiger partial charge in [-0.1, -0.05) is 18.2 Å². The number of ether oxygens (including phenoxy) is 2. The van der Waals surface area contributed by atoms with Gasteiger partial charge in [-0.05, 0) is 62.2 Å². The lowest BCUT2D eigenvalue weighted by Gasteiger charge is -2.37. The van der Waals surface area contributed by atoms with Crippen LogP contribution in [-0.4, -0.2) is 12.5 Å². The predicted molar refractivity (Wildman–Crippen MR) is 108 cm³/mol. The smallest absolute Gasteiger partial charge is 0.340 e. The molecule has 4 heteroatoms. The van der Waals surface area contributed by atoms with E-state index in [0.717, 1.165) is 45.8 Å².